The monoisotopic (exact) mass is 326 g/mol. The lowest BCUT2D eigenvalue weighted by atomic mass is 9.91. The molecule has 0 radical (unpaired) electrons. The number of piperidine rings is 1. The van der Waals surface area contributed by atoms with Gasteiger partial charge in [-0.05, 0) is 43.9 Å². The first-order chi connectivity index (χ1) is 11.6. The number of carbonyl (C=O) groups excluding carboxylic acids is 1. The molecule has 0 bridgehead atoms. The molecule has 1 amide bonds. The molecule has 3 atom stereocenters. The Balaban J connectivity index is 1.46. The Bertz CT molecular complexity index is 757. The molecular weight excluding hydrogens is 304 g/mol. The molecule has 2 aromatic rings. The van der Waals surface area contributed by atoms with Gasteiger partial charge in [0.2, 0.25) is 0 Å². The molecule has 2 fully saturated rings. The van der Waals surface area contributed by atoms with E-state index in [2.05, 4.69) is 9.97 Å². The summed E-state index contributed by atoms with van der Waals surface area (Å²) in [5.41, 5.74) is 1.69. The molecule has 0 saturated carbocycles. The number of likely N-dealkylation sites (tertiary alicyclic amines) is 1. The molecule has 6 nitrogen and oxygen atoms in total. The minimum absolute atomic E-state index is 0.0202. The highest BCUT2D eigenvalue weighted by Crippen LogP contribution is 2.40. The van der Waals surface area contributed by atoms with Crippen LogP contribution in [0.15, 0.2) is 30.6 Å². The summed E-state index contributed by atoms with van der Waals surface area (Å²) in [5.74, 6) is 1.36. The van der Waals surface area contributed by atoms with Crippen molar-refractivity contribution < 1.29 is 9.53 Å². The van der Waals surface area contributed by atoms with E-state index >= 15 is 0 Å². The SMILES string of the molecule is Cc1nccc([C@@H]2C[C@@H]3CCN(C(=O)c4cccn4C)C[C@H]3O2)n1. The fourth-order valence-corrected chi connectivity index (χ4v) is 3.80. The molecule has 4 rings (SSSR count). The van der Waals surface area contributed by atoms with Crippen molar-refractivity contribution in [3.63, 3.8) is 0 Å². The molecule has 0 N–H and O–H groups in total. The molecule has 6 heteroatoms. The maximum atomic E-state index is 12.7. The van der Waals surface area contributed by atoms with Crippen LogP contribution in [0.5, 0.6) is 0 Å². The highest BCUT2D eigenvalue weighted by atomic mass is 16.5. The largest absolute Gasteiger partial charge is 0.367 e. The Hall–Kier alpha value is -2.21. The third-order valence-corrected chi connectivity index (χ3v) is 5.13. The van der Waals surface area contributed by atoms with E-state index < -0.39 is 0 Å². The summed E-state index contributed by atoms with van der Waals surface area (Å²) >= 11 is 0. The third-order valence-electron chi connectivity index (χ3n) is 5.13. The predicted molar refractivity (Wildman–Crippen MR) is 88.4 cm³/mol. The summed E-state index contributed by atoms with van der Waals surface area (Å²) in [4.78, 5) is 23.3. The predicted octanol–water partition coefficient (Wildman–Crippen LogP) is 2.12. The Kier molecular flexibility index (Phi) is 3.84. The van der Waals surface area contributed by atoms with Crippen molar-refractivity contribution in [2.45, 2.75) is 32.0 Å². The minimum Gasteiger partial charge on any atom is -0.367 e. The van der Waals surface area contributed by atoms with Gasteiger partial charge in [0, 0.05) is 32.5 Å². The molecule has 0 aromatic carbocycles. The van der Waals surface area contributed by atoms with Gasteiger partial charge in [-0.2, -0.15) is 0 Å². The van der Waals surface area contributed by atoms with E-state index in [0.717, 1.165) is 36.6 Å². The molecule has 0 aliphatic carbocycles. The van der Waals surface area contributed by atoms with Crippen molar-refractivity contribution in [1.29, 1.82) is 0 Å². The number of fused-ring (bicyclic) bond motifs is 1. The van der Waals surface area contributed by atoms with E-state index in [1.165, 1.54) is 0 Å². The third kappa shape index (κ3) is 2.71. The highest BCUT2D eigenvalue weighted by molar-refractivity contribution is 5.92. The maximum absolute atomic E-state index is 12.7. The van der Waals surface area contributed by atoms with Crippen LogP contribution in [0.25, 0.3) is 0 Å². The molecule has 2 aromatic heterocycles. The van der Waals surface area contributed by atoms with Crippen LogP contribution in [0.4, 0.5) is 0 Å². The van der Waals surface area contributed by atoms with E-state index in [-0.39, 0.29) is 18.1 Å². The number of aryl methyl sites for hydroxylation is 2. The Morgan fingerprint density at radius 1 is 1.38 bits per heavy atom. The maximum Gasteiger partial charge on any atom is 0.270 e. The zero-order chi connectivity index (χ0) is 16.7. The van der Waals surface area contributed by atoms with Gasteiger partial charge < -0.3 is 14.2 Å². The fraction of sp³-hybridized carbons (Fsp3) is 0.500. The summed E-state index contributed by atoms with van der Waals surface area (Å²) < 4.78 is 8.11. The number of nitrogens with zero attached hydrogens (tertiary/aromatic N) is 4. The number of rotatable bonds is 2. The van der Waals surface area contributed by atoms with Gasteiger partial charge >= 0.3 is 0 Å². The van der Waals surface area contributed by atoms with E-state index in [1.54, 1.807) is 6.20 Å². The van der Waals surface area contributed by atoms with Crippen LogP contribution >= 0.6 is 0 Å². The number of aromatic nitrogens is 3. The van der Waals surface area contributed by atoms with Gasteiger partial charge in [-0.25, -0.2) is 9.97 Å². The molecule has 0 spiro atoms. The zero-order valence-corrected chi connectivity index (χ0v) is 14.1. The van der Waals surface area contributed by atoms with E-state index in [4.69, 9.17) is 4.74 Å². The van der Waals surface area contributed by atoms with Crippen molar-refractivity contribution in [2.75, 3.05) is 13.1 Å². The van der Waals surface area contributed by atoms with Crippen LogP contribution in [0.2, 0.25) is 0 Å². The highest BCUT2D eigenvalue weighted by Gasteiger charge is 2.41. The molecule has 2 aliphatic rings. The molecule has 24 heavy (non-hydrogen) atoms. The first-order valence-electron chi connectivity index (χ1n) is 8.47. The minimum atomic E-state index is 0.0202. The summed E-state index contributed by atoms with van der Waals surface area (Å²) in [6.07, 6.45) is 5.78. The van der Waals surface area contributed by atoms with Crippen LogP contribution in [-0.4, -0.2) is 44.5 Å². The lowest BCUT2D eigenvalue weighted by Gasteiger charge is -2.34. The van der Waals surface area contributed by atoms with Crippen LogP contribution in [0.1, 0.15) is 41.0 Å². The van der Waals surface area contributed by atoms with Crippen molar-refractivity contribution in [3.05, 3.63) is 47.8 Å². The number of ether oxygens (including phenoxy) is 1. The van der Waals surface area contributed by atoms with Gasteiger partial charge in [0.1, 0.15) is 17.6 Å². The first kappa shape index (κ1) is 15.3. The van der Waals surface area contributed by atoms with Crippen LogP contribution in [0, 0.1) is 12.8 Å². The van der Waals surface area contributed by atoms with Gasteiger partial charge in [-0.15, -0.1) is 0 Å². The molecule has 0 unspecified atom stereocenters. The number of hydrogen-bond donors (Lipinski definition) is 0. The van der Waals surface area contributed by atoms with E-state index in [9.17, 15) is 4.79 Å². The van der Waals surface area contributed by atoms with Crippen molar-refractivity contribution >= 4 is 5.91 Å². The molecule has 126 valence electrons. The van der Waals surface area contributed by atoms with Gasteiger partial charge in [-0.3, -0.25) is 4.79 Å². The van der Waals surface area contributed by atoms with Gasteiger partial charge in [-0.1, -0.05) is 0 Å². The zero-order valence-electron chi connectivity index (χ0n) is 14.1. The van der Waals surface area contributed by atoms with Gasteiger partial charge in [0.05, 0.1) is 11.8 Å². The van der Waals surface area contributed by atoms with Crippen molar-refractivity contribution in [1.82, 2.24) is 19.4 Å². The topological polar surface area (TPSA) is 60.2 Å². The van der Waals surface area contributed by atoms with Gasteiger partial charge in [0.15, 0.2) is 0 Å². The quantitative estimate of drug-likeness (QED) is 0.848. The summed E-state index contributed by atoms with van der Waals surface area (Å²) in [6.45, 7) is 3.35. The molecule has 2 aliphatic heterocycles. The fourth-order valence-electron chi connectivity index (χ4n) is 3.80. The molecular formula is C18H22N4O2. The Labute approximate surface area is 141 Å². The summed E-state index contributed by atoms with van der Waals surface area (Å²) in [7, 11) is 1.90. The van der Waals surface area contributed by atoms with Crippen molar-refractivity contribution in [2.24, 2.45) is 13.0 Å². The Morgan fingerprint density at radius 3 is 3.00 bits per heavy atom. The number of amides is 1. The van der Waals surface area contributed by atoms with Crippen LogP contribution < -0.4 is 0 Å². The average Bonchev–Trinajstić information content (AvgIpc) is 3.19. The average molecular weight is 326 g/mol. The smallest absolute Gasteiger partial charge is 0.270 e. The standard InChI is InChI=1S/C18H22N4O2/c1-12-19-7-5-14(20-12)16-10-13-6-9-22(11-17(13)24-16)18(23)15-4-3-8-21(15)2/h3-5,7-8,13,16-17H,6,9-11H2,1-2H3/t13-,16-,17+/m0/s1. The van der Waals surface area contributed by atoms with E-state index in [1.807, 2.05) is 47.8 Å². The first-order valence-corrected chi connectivity index (χ1v) is 8.47. The summed E-state index contributed by atoms with van der Waals surface area (Å²) in [6, 6.07) is 5.71. The lowest BCUT2D eigenvalue weighted by Crippen LogP contribution is -2.45. The van der Waals surface area contributed by atoms with Crippen molar-refractivity contribution in [3.8, 4) is 0 Å². The van der Waals surface area contributed by atoms with Crippen LogP contribution in [-0.2, 0) is 11.8 Å². The second kappa shape index (κ2) is 6.02. The number of hydrogen-bond acceptors (Lipinski definition) is 4. The lowest BCUT2D eigenvalue weighted by molar-refractivity contribution is -0.00594. The number of carbonyl (C=O) groups is 1. The second-order valence-corrected chi connectivity index (χ2v) is 6.73. The normalized spacial score (nSPS) is 26.4. The summed E-state index contributed by atoms with van der Waals surface area (Å²) in [5, 5.41) is 0. The second-order valence-electron chi connectivity index (χ2n) is 6.73. The van der Waals surface area contributed by atoms with Gasteiger partial charge in [0.25, 0.3) is 5.91 Å². The Morgan fingerprint density at radius 2 is 2.25 bits per heavy atom. The van der Waals surface area contributed by atoms with E-state index in [0.29, 0.717) is 12.5 Å². The molecule has 4 heterocycles. The van der Waals surface area contributed by atoms with Crippen LogP contribution in [0.3, 0.4) is 0 Å². The molecule has 2 saturated heterocycles.